The third-order valence-corrected chi connectivity index (χ3v) is 15.5. The van der Waals surface area contributed by atoms with Crippen LogP contribution >= 0.6 is 11.3 Å². The van der Waals surface area contributed by atoms with Crippen LogP contribution in [-0.2, 0) is 10.8 Å². The van der Waals surface area contributed by atoms with Crippen LogP contribution in [0.5, 0.6) is 0 Å². The molecule has 13 rings (SSSR count). The summed E-state index contributed by atoms with van der Waals surface area (Å²) in [5.41, 5.74) is 21.1. The molecule has 3 aliphatic rings. The van der Waals surface area contributed by atoms with Crippen LogP contribution in [0.1, 0.15) is 54.2 Å². The lowest BCUT2D eigenvalue weighted by Gasteiger charge is -2.53. The lowest BCUT2D eigenvalue weighted by molar-refractivity contribution is 0.590. The standard InChI is InChI=1S/C60H45BN2S/c1-38-35-47-44-26-18-28-49-56(44)63(52-29-16-15-27-48(52)60(49,40-21-10-6-11-22-40)41-23-12-7-13-24-41)61-50-33-32-45-43-25-14-17-30-54(43)64-58(45)57(50)62(53(36-38)55(47)61)51-34-31-42(59(2,3)4)37-46(51)39-19-8-5-9-20-39/h5-37H,1-4H3. The van der Waals surface area contributed by atoms with Crippen molar-refractivity contribution in [3.8, 4) is 22.3 Å². The van der Waals surface area contributed by atoms with Crippen molar-refractivity contribution in [2.24, 2.45) is 0 Å². The van der Waals surface area contributed by atoms with Crippen LogP contribution in [0.3, 0.4) is 0 Å². The van der Waals surface area contributed by atoms with Crippen LogP contribution in [0.15, 0.2) is 200 Å². The van der Waals surface area contributed by atoms with Crippen LogP contribution in [0.25, 0.3) is 42.4 Å². The molecule has 2 nitrogen and oxygen atoms in total. The molecular formula is C60H45BN2S. The van der Waals surface area contributed by atoms with E-state index in [1.807, 2.05) is 11.3 Å². The van der Waals surface area contributed by atoms with Gasteiger partial charge in [-0.3, -0.25) is 0 Å². The van der Waals surface area contributed by atoms with Gasteiger partial charge in [-0.05, 0) is 98.1 Å². The molecule has 0 N–H and O–H groups in total. The van der Waals surface area contributed by atoms with Crippen molar-refractivity contribution in [1.82, 2.24) is 0 Å². The van der Waals surface area contributed by atoms with Gasteiger partial charge in [0.05, 0.1) is 21.5 Å². The summed E-state index contributed by atoms with van der Waals surface area (Å²) in [5, 5.41) is 2.61. The molecule has 0 spiro atoms. The number of fused-ring (bicyclic) bond motifs is 10. The fourth-order valence-electron chi connectivity index (χ4n) is 11.6. The van der Waals surface area contributed by atoms with Crippen molar-refractivity contribution in [3.05, 3.63) is 234 Å². The minimum atomic E-state index is -0.552. The highest BCUT2D eigenvalue weighted by molar-refractivity contribution is 7.26. The summed E-state index contributed by atoms with van der Waals surface area (Å²) in [6.07, 6.45) is 0. The maximum absolute atomic E-state index is 2.74. The normalized spacial score (nSPS) is 14.3. The topological polar surface area (TPSA) is 6.48 Å². The lowest BCUT2D eigenvalue weighted by atomic mass is 9.42. The van der Waals surface area contributed by atoms with Gasteiger partial charge >= 0.3 is 6.85 Å². The molecular weight excluding hydrogens is 792 g/mol. The van der Waals surface area contributed by atoms with Gasteiger partial charge in [-0.2, -0.15) is 0 Å². The van der Waals surface area contributed by atoms with Gasteiger partial charge in [-0.1, -0.05) is 191 Å². The molecule has 0 unspecified atom stereocenters. The fourth-order valence-corrected chi connectivity index (χ4v) is 12.8. The predicted octanol–water partition coefficient (Wildman–Crippen LogP) is 14.7. The number of thiophene rings is 1. The van der Waals surface area contributed by atoms with E-state index in [-0.39, 0.29) is 12.3 Å². The second-order valence-electron chi connectivity index (χ2n) is 18.9. The highest BCUT2D eigenvalue weighted by Gasteiger charge is 2.53. The summed E-state index contributed by atoms with van der Waals surface area (Å²) < 4.78 is 2.63. The monoisotopic (exact) mass is 836 g/mol. The van der Waals surface area contributed by atoms with Crippen LogP contribution in [-0.4, -0.2) is 6.85 Å². The number of para-hydroxylation sites is 2. The van der Waals surface area contributed by atoms with E-state index in [2.05, 4.69) is 238 Å². The molecule has 1 aromatic heterocycles. The van der Waals surface area contributed by atoms with Gasteiger partial charge in [0, 0.05) is 43.7 Å². The van der Waals surface area contributed by atoms with Crippen molar-refractivity contribution in [2.45, 2.75) is 38.5 Å². The Morgan fingerprint density at radius 3 is 1.92 bits per heavy atom. The highest BCUT2D eigenvalue weighted by Crippen LogP contribution is 2.61. The number of aryl methyl sites for hydroxylation is 1. The van der Waals surface area contributed by atoms with Gasteiger partial charge in [-0.25, -0.2) is 0 Å². The third-order valence-electron chi connectivity index (χ3n) is 14.3. The first kappa shape index (κ1) is 37.4. The van der Waals surface area contributed by atoms with E-state index in [4.69, 9.17) is 0 Å². The molecule has 0 atom stereocenters. The average molecular weight is 837 g/mol. The molecule has 0 amide bonds. The van der Waals surface area contributed by atoms with Gasteiger partial charge in [0.25, 0.3) is 0 Å². The van der Waals surface area contributed by atoms with Crippen molar-refractivity contribution in [1.29, 1.82) is 0 Å². The Labute approximate surface area is 379 Å². The van der Waals surface area contributed by atoms with E-state index in [9.17, 15) is 0 Å². The van der Waals surface area contributed by atoms with Gasteiger partial charge in [0.2, 0.25) is 0 Å². The second-order valence-corrected chi connectivity index (χ2v) is 19.9. The molecule has 0 radical (unpaired) electrons. The SMILES string of the molecule is Cc1cc2c3c(c1)N(c1ccc(C(C)(C)C)cc1-c1ccccc1)c1c(ccc4c1sc1ccccc14)B3N1c3ccccc3C(c3ccccc3)(c3ccccc3)c3cccc-2c31. The molecule has 9 aromatic carbocycles. The Hall–Kier alpha value is -7.14. The van der Waals surface area contributed by atoms with Crippen molar-refractivity contribution in [2.75, 3.05) is 9.71 Å². The predicted molar refractivity (Wildman–Crippen MR) is 274 cm³/mol. The number of rotatable bonds is 4. The van der Waals surface area contributed by atoms with E-state index >= 15 is 0 Å². The number of nitrogens with zero attached hydrogens (tertiary/aromatic N) is 2. The third kappa shape index (κ3) is 5.09. The van der Waals surface area contributed by atoms with Gasteiger partial charge in [0.15, 0.2) is 0 Å². The first-order chi connectivity index (χ1) is 31.3. The number of hydrogen-bond acceptors (Lipinski definition) is 3. The summed E-state index contributed by atoms with van der Waals surface area (Å²) in [6.45, 7) is 9.15. The van der Waals surface area contributed by atoms with Crippen LogP contribution in [0, 0.1) is 6.92 Å². The van der Waals surface area contributed by atoms with E-state index in [0.717, 1.165) is 0 Å². The summed E-state index contributed by atoms with van der Waals surface area (Å²) in [5.74, 6) is 0. The van der Waals surface area contributed by atoms with E-state index in [0.29, 0.717) is 0 Å². The van der Waals surface area contributed by atoms with E-state index in [1.165, 1.54) is 115 Å². The zero-order valence-electron chi connectivity index (χ0n) is 36.4. The van der Waals surface area contributed by atoms with Gasteiger partial charge < -0.3 is 9.71 Å². The molecule has 304 valence electrons. The Morgan fingerprint density at radius 2 is 1.17 bits per heavy atom. The van der Waals surface area contributed by atoms with Crippen LogP contribution < -0.4 is 20.6 Å². The Bertz CT molecular complexity index is 3470. The molecule has 0 saturated heterocycles. The molecule has 3 aliphatic heterocycles. The first-order valence-corrected chi connectivity index (χ1v) is 23.4. The molecule has 0 saturated carbocycles. The van der Waals surface area contributed by atoms with Crippen molar-refractivity contribution < 1.29 is 0 Å². The fraction of sp³-hybridized carbons (Fsp3) is 0.100. The van der Waals surface area contributed by atoms with Gasteiger partial charge in [0.1, 0.15) is 0 Å². The second kappa shape index (κ2) is 13.7. The Kier molecular flexibility index (Phi) is 8.00. The number of anilines is 5. The average Bonchev–Trinajstić information content (AvgIpc) is 3.72. The molecule has 64 heavy (non-hydrogen) atoms. The molecule has 4 heteroatoms. The maximum Gasteiger partial charge on any atom is 0.333 e. The number of hydrogen-bond donors (Lipinski definition) is 0. The zero-order chi connectivity index (χ0) is 42.9. The largest absolute Gasteiger partial charge is 0.376 e. The summed E-state index contributed by atoms with van der Waals surface area (Å²) >= 11 is 1.93. The van der Waals surface area contributed by atoms with Crippen molar-refractivity contribution in [3.63, 3.8) is 0 Å². The minimum Gasteiger partial charge on any atom is -0.376 e. The highest BCUT2D eigenvalue weighted by atomic mass is 32.1. The molecule has 10 aromatic rings. The molecule has 0 fully saturated rings. The van der Waals surface area contributed by atoms with Crippen molar-refractivity contribution >= 4 is 77.7 Å². The quantitative estimate of drug-likeness (QED) is 0.163. The van der Waals surface area contributed by atoms with Crippen LogP contribution in [0.4, 0.5) is 28.4 Å². The number of benzene rings is 9. The summed E-state index contributed by atoms with van der Waals surface area (Å²) in [4.78, 5) is 5.40. The van der Waals surface area contributed by atoms with Crippen LogP contribution in [0.2, 0.25) is 0 Å². The Morgan fingerprint density at radius 1 is 0.500 bits per heavy atom. The summed E-state index contributed by atoms with van der Waals surface area (Å²) in [6, 6.07) is 75.9. The molecule has 0 aliphatic carbocycles. The van der Waals surface area contributed by atoms with E-state index < -0.39 is 5.41 Å². The van der Waals surface area contributed by atoms with E-state index in [1.54, 1.807) is 0 Å². The maximum atomic E-state index is 2.74. The molecule has 0 bridgehead atoms. The van der Waals surface area contributed by atoms with Gasteiger partial charge in [-0.15, -0.1) is 11.3 Å². The minimum absolute atomic E-state index is 0.0218. The summed E-state index contributed by atoms with van der Waals surface area (Å²) in [7, 11) is 0. The Balaban J connectivity index is 1.19. The molecule has 4 heterocycles. The first-order valence-electron chi connectivity index (χ1n) is 22.5. The smallest absolute Gasteiger partial charge is 0.333 e. The lowest BCUT2D eigenvalue weighted by Crippen LogP contribution is -2.63. The zero-order valence-corrected chi connectivity index (χ0v) is 37.2.